The summed E-state index contributed by atoms with van der Waals surface area (Å²) in [5.41, 5.74) is 11.3. The van der Waals surface area contributed by atoms with Gasteiger partial charge in [0.25, 0.3) is 0 Å². The van der Waals surface area contributed by atoms with E-state index >= 15 is 0 Å². The molecular weight excluding hydrogens is 296 g/mol. The minimum atomic E-state index is 0.238. The maximum absolute atomic E-state index is 8.62. The first kappa shape index (κ1) is 19.5. The molecule has 0 spiro atoms. The lowest BCUT2D eigenvalue weighted by atomic mass is 9.83. The highest BCUT2D eigenvalue weighted by atomic mass is 16.4. The fourth-order valence-corrected chi connectivity index (χ4v) is 3.17. The zero-order chi connectivity index (χ0) is 17.3. The number of nitrogens with zero attached hydrogens (tertiary/aromatic N) is 2. The molecule has 0 heterocycles. The Labute approximate surface area is 138 Å². The number of hydrogen-bond donors (Lipinski definition) is 6. The molecule has 0 aromatic rings. The fraction of sp³-hybridized carbons (Fsp3) is 0.867. The molecule has 2 atom stereocenters. The summed E-state index contributed by atoms with van der Waals surface area (Å²) in [5.74, 6) is 0.477. The molecule has 0 bridgehead atoms. The molecule has 23 heavy (non-hydrogen) atoms. The first-order valence-corrected chi connectivity index (χ1v) is 8.27. The Morgan fingerprint density at radius 1 is 1.04 bits per heavy atom. The van der Waals surface area contributed by atoms with Crippen molar-refractivity contribution in [2.24, 2.45) is 27.2 Å². The van der Waals surface area contributed by atoms with Gasteiger partial charge in [0, 0.05) is 38.0 Å². The molecule has 0 aromatic carbocycles. The largest absolute Gasteiger partial charge is 0.409 e. The van der Waals surface area contributed by atoms with Gasteiger partial charge in [-0.15, -0.1) is 0 Å². The van der Waals surface area contributed by atoms with Gasteiger partial charge in [0.05, 0.1) is 0 Å². The molecule has 8 N–H and O–H groups in total. The number of hydrogen-bond acceptors (Lipinski definition) is 6. The van der Waals surface area contributed by atoms with Gasteiger partial charge in [0.2, 0.25) is 0 Å². The molecule has 0 saturated heterocycles. The quantitative estimate of drug-likeness (QED) is 0.128. The van der Waals surface area contributed by atoms with Crippen LogP contribution < -0.4 is 22.1 Å². The fourth-order valence-electron chi connectivity index (χ4n) is 3.17. The summed E-state index contributed by atoms with van der Waals surface area (Å²) in [6, 6.07) is 0.641. The highest BCUT2D eigenvalue weighted by molar-refractivity contribution is 5.80. The number of nitrogens with two attached hydrogens (primary N) is 2. The summed E-state index contributed by atoms with van der Waals surface area (Å²) in [6.07, 6.45) is 5.55. The van der Waals surface area contributed by atoms with Crippen LogP contribution >= 0.6 is 0 Å². The Morgan fingerprint density at radius 3 is 2.09 bits per heavy atom. The second-order valence-corrected chi connectivity index (χ2v) is 7.06. The van der Waals surface area contributed by atoms with Crippen LogP contribution in [0.3, 0.4) is 0 Å². The Morgan fingerprint density at radius 2 is 1.57 bits per heavy atom. The van der Waals surface area contributed by atoms with Gasteiger partial charge in [-0.2, -0.15) is 0 Å². The molecule has 0 aliphatic heterocycles. The van der Waals surface area contributed by atoms with Crippen LogP contribution in [-0.2, 0) is 0 Å². The van der Waals surface area contributed by atoms with Crippen molar-refractivity contribution in [3.8, 4) is 0 Å². The molecule has 8 nitrogen and oxygen atoms in total. The van der Waals surface area contributed by atoms with Gasteiger partial charge in [-0.1, -0.05) is 30.6 Å². The summed E-state index contributed by atoms with van der Waals surface area (Å²) >= 11 is 0. The van der Waals surface area contributed by atoms with E-state index in [1.54, 1.807) is 0 Å². The summed E-state index contributed by atoms with van der Waals surface area (Å²) in [6.45, 7) is 5.95. The van der Waals surface area contributed by atoms with Crippen molar-refractivity contribution in [1.29, 1.82) is 0 Å². The van der Waals surface area contributed by atoms with Gasteiger partial charge in [-0.25, -0.2) is 0 Å². The average molecular weight is 328 g/mol. The van der Waals surface area contributed by atoms with Crippen LogP contribution in [0.15, 0.2) is 10.3 Å². The number of nitrogens with one attached hydrogen (secondary N) is 2. The molecule has 8 heteroatoms. The van der Waals surface area contributed by atoms with Gasteiger partial charge in [0.1, 0.15) is 11.7 Å². The highest BCUT2D eigenvalue weighted by Crippen LogP contribution is 2.34. The van der Waals surface area contributed by atoms with Gasteiger partial charge in [-0.05, 0) is 24.7 Å². The number of rotatable bonds is 8. The van der Waals surface area contributed by atoms with E-state index in [1.807, 2.05) is 0 Å². The van der Waals surface area contributed by atoms with E-state index in [0.717, 1.165) is 12.8 Å². The van der Waals surface area contributed by atoms with Crippen molar-refractivity contribution in [2.45, 2.75) is 64.5 Å². The van der Waals surface area contributed by atoms with Gasteiger partial charge in [-0.3, -0.25) is 0 Å². The second-order valence-electron chi connectivity index (χ2n) is 7.06. The van der Waals surface area contributed by atoms with Gasteiger partial charge in [0.15, 0.2) is 0 Å². The zero-order valence-electron chi connectivity index (χ0n) is 14.3. The minimum Gasteiger partial charge on any atom is -0.409 e. The van der Waals surface area contributed by atoms with Crippen LogP contribution in [0.1, 0.15) is 52.4 Å². The lowest BCUT2D eigenvalue weighted by molar-refractivity contribution is 0.261. The van der Waals surface area contributed by atoms with E-state index in [1.165, 1.54) is 12.8 Å². The monoisotopic (exact) mass is 328 g/mol. The molecule has 1 saturated carbocycles. The summed E-state index contributed by atoms with van der Waals surface area (Å²) in [4.78, 5) is 0. The van der Waals surface area contributed by atoms with Crippen molar-refractivity contribution in [2.75, 3.05) is 13.1 Å². The van der Waals surface area contributed by atoms with E-state index in [-0.39, 0.29) is 17.1 Å². The molecule has 1 aliphatic carbocycles. The maximum Gasteiger partial charge on any atom is 0.140 e. The predicted octanol–water partition coefficient (Wildman–Crippen LogP) is 0.776. The molecular formula is C15H32N6O2. The Hall–Kier alpha value is -1.54. The zero-order valence-corrected chi connectivity index (χ0v) is 14.3. The predicted molar refractivity (Wildman–Crippen MR) is 91.9 cm³/mol. The number of oxime groups is 2. The third kappa shape index (κ3) is 7.51. The molecule has 134 valence electrons. The molecule has 2 unspecified atom stereocenters. The summed E-state index contributed by atoms with van der Waals surface area (Å²) in [7, 11) is 0. The van der Waals surface area contributed by atoms with Crippen molar-refractivity contribution in [3.05, 3.63) is 0 Å². The maximum atomic E-state index is 8.62. The van der Waals surface area contributed by atoms with Crippen LogP contribution in [0.25, 0.3) is 0 Å². The Kier molecular flexibility index (Phi) is 8.11. The van der Waals surface area contributed by atoms with Crippen LogP contribution in [0.4, 0.5) is 0 Å². The van der Waals surface area contributed by atoms with Crippen molar-refractivity contribution < 1.29 is 10.4 Å². The Bertz CT molecular complexity index is 411. The molecule has 1 rings (SSSR count). The molecule has 0 amide bonds. The minimum absolute atomic E-state index is 0.238. The van der Waals surface area contributed by atoms with E-state index < -0.39 is 0 Å². The molecule has 0 radical (unpaired) electrons. The molecule has 0 aromatic heterocycles. The van der Waals surface area contributed by atoms with Crippen molar-refractivity contribution in [3.63, 3.8) is 0 Å². The van der Waals surface area contributed by atoms with Gasteiger partial charge < -0.3 is 32.5 Å². The van der Waals surface area contributed by atoms with Crippen LogP contribution in [-0.4, -0.2) is 47.3 Å². The normalized spacial score (nSPS) is 26.0. The number of amidine groups is 2. The standard InChI is InChI=1S/C15H32N6O2/c1-15(2)7-3-4-11(18-8-5-13(16)20-22)12(10-15)19-9-6-14(17)21-23/h11-12,18-19,22-23H,3-10H2,1-2H3,(H2,16,20)(H2,17,21). The second kappa shape index (κ2) is 9.57. The Balaban J connectivity index is 2.58. The lowest BCUT2D eigenvalue weighted by Crippen LogP contribution is -2.49. The highest BCUT2D eigenvalue weighted by Gasteiger charge is 2.31. The van der Waals surface area contributed by atoms with E-state index in [4.69, 9.17) is 21.9 Å². The summed E-state index contributed by atoms with van der Waals surface area (Å²) < 4.78 is 0. The first-order valence-electron chi connectivity index (χ1n) is 8.27. The SMILES string of the molecule is CC1(C)CCCC(NCC/C(N)=N\O)C(NCC/C(N)=N\O)C1. The molecule has 1 aliphatic rings. The van der Waals surface area contributed by atoms with Crippen LogP contribution in [0.5, 0.6) is 0 Å². The van der Waals surface area contributed by atoms with E-state index in [2.05, 4.69) is 34.8 Å². The van der Waals surface area contributed by atoms with Gasteiger partial charge >= 0.3 is 0 Å². The van der Waals surface area contributed by atoms with Crippen molar-refractivity contribution >= 4 is 11.7 Å². The topological polar surface area (TPSA) is 141 Å². The van der Waals surface area contributed by atoms with Crippen LogP contribution in [0.2, 0.25) is 0 Å². The average Bonchev–Trinajstić information content (AvgIpc) is 2.65. The van der Waals surface area contributed by atoms with Crippen LogP contribution in [0, 0.1) is 5.41 Å². The van der Waals surface area contributed by atoms with E-state index in [9.17, 15) is 0 Å². The lowest BCUT2D eigenvalue weighted by Gasteiger charge is -2.32. The molecule has 1 fully saturated rings. The first-order chi connectivity index (χ1) is 10.9. The smallest absolute Gasteiger partial charge is 0.140 e. The van der Waals surface area contributed by atoms with E-state index in [0.29, 0.717) is 38.0 Å². The summed E-state index contributed by atoms with van der Waals surface area (Å²) in [5, 5.41) is 30.3. The third-order valence-corrected chi connectivity index (χ3v) is 4.46. The third-order valence-electron chi connectivity index (χ3n) is 4.46. The van der Waals surface area contributed by atoms with Crippen molar-refractivity contribution in [1.82, 2.24) is 10.6 Å².